The van der Waals surface area contributed by atoms with Crippen LogP contribution in [-0.2, 0) is 0 Å². The molecule has 0 aliphatic rings. The Morgan fingerprint density at radius 1 is 1.50 bits per heavy atom. The van der Waals surface area contributed by atoms with E-state index < -0.39 is 0 Å². The Morgan fingerprint density at radius 3 is 2.94 bits per heavy atom. The van der Waals surface area contributed by atoms with Gasteiger partial charge in [0.1, 0.15) is 6.04 Å². The largest absolute Gasteiger partial charge is 0.491 e. The molecule has 2 unspecified atom stereocenters. The van der Waals surface area contributed by atoms with Crippen LogP contribution in [0.15, 0.2) is 29.9 Å². The predicted molar refractivity (Wildman–Crippen MR) is 74.1 cm³/mol. The average molecular weight is 265 g/mol. The molecule has 0 aromatic carbocycles. The molecule has 2 N–H and O–H groups in total. The van der Waals surface area contributed by atoms with Crippen LogP contribution in [0.3, 0.4) is 0 Å². The van der Waals surface area contributed by atoms with Gasteiger partial charge in [0.05, 0.1) is 19.0 Å². The highest BCUT2D eigenvalue weighted by Crippen LogP contribution is 2.27. The maximum absolute atomic E-state index is 6.23. The first kappa shape index (κ1) is 13.1. The molecule has 0 aliphatic heterocycles. The fourth-order valence-corrected chi connectivity index (χ4v) is 2.83. The molecule has 0 bridgehead atoms. The third-order valence-corrected chi connectivity index (χ3v) is 3.83. The monoisotopic (exact) mass is 265 g/mol. The fraction of sp³-hybridized carbons (Fsp3) is 0.462. The van der Waals surface area contributed by atoms with E-state index in [2.05, 4.69) is 23.5 Å². The minimum Gasteiger partial charge on any atom is -0.491 e. The van der Waals surface area contributed by atoms with Crippen molar-refractivity contribution < 1.29 is 4.74 Å². The maximum atomic E-state index is 6.23. The molecule has 2 aromatic heterocycles. The van der Waals surface area contributed by atoms with E-state index in [1.807, 2.05) is 23.9 Å². The summed E-state index contributed by atoms with van der Waals surface area (Å²) >= 11 is 1.71. The molecule has 0 fully saturated rings. The van der Waals surface area contributed by atoms with E-state index in [0.29, 0.717) is 6.61 Å². The highest BCUT2D eigenvalue weighted by atomic mass is 32.1. The smallest absolute Gasteiger partial charge is 0.157 e. The molecule has 2 rings (SSSR count). The van der Waals surface area contributed by atoms with Crippen LogP contribution in [0.2, 0.25) is 0 Å². The molecule has 2 atom stereocenters. The van der Waals surface area contributed by atoms with Crippen LogP contribution in [0.4, 0.5) is 0 Å². The molecule has 0 aliphatic carbocycles. The molecule has 2 heterocycles. The lowest BCUT2D eigenvalue weighted by Gasteiger charge is -2.22. The van der Waals surface area contributed by atoms with Crippen molar-refractivity contribution in [3.63, 3.8) is 0 Å². The fourth-order valence-electron chi connectivity index (χ4n) is 1.93. The molecule has 0 saturated heterocycles. The molecule has 18 heavy (non-hydrogen) atoms. The zero-order valence-corrected chi connectivity index (χ0v) is 11.6. The number of ether oxygens (including phenoxy) is 1. The van der Waals surface area contributed by atoms with Crippen LogP contribution in [0.1, 0.15) is 31.2 Å². The Bertz CT molecular complexity index is 466. The van der Waals surface area contributed by atoms with Gasteiger partial charge in [-0.25, -0.2) is 0 Å². The molecule has 5 heteroatoms. The molecule has 0 amide bonds. The number of nitrogens with zero attached hydrogens (tertiary/aromatic N) is 2. The normalized spacial score (nSPS) is 14.4. The first-order valence-electron chi connectivity index (χ1n) is 6.22. The summed E-state index contributed by atoms with van der Waals surface area (Å²) < 4.78 is 7.35. The second-order valence-electron chi connectivity index (χ2n) is 4.12. The average Bonchev–Trinajstić information content (AvgIpc) is 3.02. The van der Waals surface area contributed by atoms with Crippen molar-refractivity contribution in [3.8, 4) is 5.75 Å². The van der Waals surface area contributed by atoms with E-state index >= 15 is 0 Å². The van der Waals surface area contributed by atoms with Crippen molar-refractivity contribution >= 4 is 11.3 Å². The Labute approximate surface area is 111 Å². The second kappa shape index (κ2) is 6.02. The number of rotatable bonds is 6. The van der Waals surface area contributed by atoms with Crippen molar-refractivity contribution in [3.05, 3.63) is 34.8 Å². The first-order chi connectivity index (χ1) is 8.76. The third kappa shape index (κ3) is 2.73. The van der Waals surface area contributed by atoms with Crippen LogP contribution >= 0.6 is 11.3 Å². The summed E-state index contributed by atoms with van der Waals surface area (Å²) in [7, 11) is 0. The van der Waals surface area contributed by atoms with Crippen LogP contribution in [0.25, 0.3) is 0 Å². The lowest BCUT2D eigenvalue weighted by Crippen LogP contribution is -2.32. The Morgan fingerprint density at radius 2 is 2.33 bits per heavy atom. The zero-order chi connectivity index (χ0) is 13.0. The van der Waals surface area contributed by atoms with Crippen molar-refractivity contribution in [2.45, 2.75) is 32.4 Å². The van der Waals surface area contributed by atoms with E-state index in [1.165, 1.54) is 4.88 Å². The summed E-state index contributed by atoms with van der Waals surface area (Å²) in [5, 5.41) is 6.45. The van der Waals surface area contributed by atoms with Crippen molar-refractivity contribution in [2.75, 3.05) is 6.61 Å². The van der Waals surface area contributed by atoms with Gasteiger partial charge in [-0.3, -0.25) is 4.68 Å². The highest BCUT2D eigenvalue weighted by Gasteiger charge is 2.22. The molecular formula is C13H19N3OS. The van der Waals surface area contributed by atoms with Gasteiger partial charge in [0.15, 0.2) is 5.75 Å². The Kier molecular flexibility index (Phi) is 4.38. The summed E-state index contributed by atoms with van der Waals surface area (Å²) in [6.07, 6.45) is 4.57. The van der Waals surface area contributed by atoms with Gasteiger partial charge in [0.2, 0.25) is 0 Å². The topological polar surface area (TPSA) is 53.1 Å². The first-order valence-corrected chi connectivity index (χ1v) is 7.10. The zero-order valence-electron chi connectivity index (χ0n) is 10.7. The highest BCUT2D eigenvalue weighted by molar-refractivity contribution is 7.10. The molecule has 4 nitrogen and oxygen atoms in total. The standard InChI is InChI=1S/C13H19N3OS/c1-3-11(14)13(12-6-5-7-18-12)16-9-10(8-15-16)17-4-2/h5-9,11,13H,3-4,14H2,1-2H3. The van der Waals surface area contributed by atoms with Crippen LogP contribution in [-0.4, -0.2) is 22.4 Å². The summed E-state index contributed by atoms with van der Waals surface area (Å²) in [6, 6.07) is 4.29. The summed E-state index contributed by atoms with van der Waals surface area (Å²) in [4.78, 5) is 1.23. The van der Waals surface area contributed by atoms with Gasteiger partial charge in [0.25, 0.3) is 0 Å². The number of aromatic nitrogens is 2. The number of hydrogen-bond acceptors (Lipinski definition) is 4. The molecular weight excluding hydrogens is 246 g/mol. The summed E-state index contributed by atoms with van der Waals surface area (Å²) in [6.45, 7) is 4.71. The van der Waals surface area contributed by atoms with Crippen LogP contribution in [0.5, 0.6) is 5.75 Å². The Balaban J connectivity index is 2.28. The predicted octanol–water partition coefficient (Wildman–Crippen LogP) is 2.67. The van der Waals surface area contributed by atoms with Gasteiger partial charge in [-0.15, -0.1) is 11.3 Å². The van der Waals surface area contributed by atoms with Crippen molar-refractivity contribution in [1.29, 1.82) is 0 Å². The van der Waals surface area contributed by atoms with E-state index in [9.17, 15) is 0 Å². The maximum Gasteiger partial charge on any atom is 0.157 e. The molecule has 0 radical (unpaired) electrons. The van der Waals surface area contributed by atoms with Crippen LogP contribution in [0, 0.1) is 0 Å². The Hall–Kier alpha value is -1.33. The van der Waals surface area contributed by atoms with Crippen LogP contribution < -0.4 is 10.5 Å². The van der Waals surface area contributed by atoms with E-state index in [1.54, 1.807) is 17.5 Å². The minimum atomic E-state index is 0.0537. The van der Waals surface area contributed by atoms with Gasteiger partial charge >= 0.3 is 0 Å². The molecule has 98 valence electrons. The van der Waals surface area contributed by atoms with Crippen molar-refractivity contribution in [2.24, 2.45) is 5.73 Å². The van der Waals surface area contributed by atoms with E-state index in [0.717, 1.165) is 12.2 Å². The van der Waals surface area contributed by atoms with Gasteiger partial charge in [-0.2, -0.15) is 5.10 Å². The van der Waals surface area contributed by atoms with Crippen molar-refractivity contribution in [1.82, 2.24) is 9.78 Å². The number of hydrogen-bond donors (Lipinski definition) is 1. The third-order valence-electron chi connectivity index (χ3n) is 2.89. The number of thiophene rings is 1. The second-order valence-corrected chi connectivity index (χ2v) is 5.10. The van der Waals surface area contributed by atoms with E-state index in [4.69, 9.17) is 10.5 Å². The minimum absolute atomic E-state index is 0.0537. The van der Waals surface area contributed by atoms with E-state index in [-0.39, 0.29) is 12.1 Å². The van der Waals surface area contributed by atoms with Gasteiger partial charge in [-0.1, -0.05) is 13.0 Å². The summed E-state index contributed by atoms with van der Waals surface area (Å²) in [5.41, 5.74) is 6.23. The quantitative estimate of drug-likeness (QED) is 0.873. The van der Waals surface area contributed by atoms with Gasteiger partial charge in [0, 0.05) is 10.9 Å². The number of nitrogens with two attached hydrogens (primary N) is 1. The SMILES string of the molecule is CCOc1cnn(C(c2cccs2)C(N)CC)c1. The summed E-state index contributed by atoms with van der Waals surface area (Å²) in [5.74, 6) is 0.794. The lowest BCUT2D eigenvalue weighted by molar-refractivity contribution is 0.338. The van der Waals surface area contributed by atoms with Gasteiger partial charge in [-0.05, 0) is 24.8 Å². The van der Waals surface area contributed by atoms with Gasteiger partial charge < -0.3 is 10.5 Å². The molecule has 2 aromatic rings. The molecule has 0 saturated carbocycles. The molecule has 0 spiro atoms. The lowest BCUT2D eigenvalue weighted by atomic mass is 10.1.